The Morgan fingerprint density at radius 1 is 1.43 bits per heavy atom. The topological polar surface area (TPSA) is 32.3 Å². The zero-order valence-corrected chi connectivity index (χ0v) is 8.80. The number of hydrogen-bond acceptors (Lipinski definition) is 2. The van der Waals surface area contributed by atoms with E-state index >= 15 is 0 Å². The van der Waals surface area contributed by atoms with Crippen molar-refractivity contribution < 1.29 is 5.11 Å². The van der Waals surface area contributed by atoms with Crippen LogP contribution in [0.5, 0.6) is 0 Å². The van der Waals surface area contributed by atoms with Crippen LogP contribution in [-0.2, 0) is 13.0 Å². The number of aliphatic hydroxyl groups is 1. The van der Waals surface area contributed by atoms with E-state index in [1.165, 1.54) is 16.7 Å². The molecule has 0 bridgehead atoms. The quantitative estimate of drug-likeness (QED) is 0.649. The highest BCUT2D eigenvalue weighted by atomic mass is 16.3. The summed E-state index contributed by atoms with van der Waals surface area (Å²) in [5, 5.41) is 13.3. The third kappa shape index (κ3) is 1.81. The highest BCUT2D eigenvalue weighted by Gasteiger charge is 2.25. The number of aryl methyl sites for hydroxylation is 1. The molecule has 2 N–H and O–H groups in total. The van der Waals surface area contributed by atoms with E-state index in [0.29, 0.717) is 6.54 Å². The maximum Gasteiger partial charge on any atom is 0.0783 e. The summed E-state index contributed by atoms with van der Waals surface area (Å²) in [6.07, 6.45) is 0.747. The standard InChI is InChI=1S/C12H17NO/c1-9-4-3-5-10-6-12(2,14)8-13-7-11(9)10/h3-5,13-14H,6-8H2,1-2H3. The molecule has 0 spiro atoms. The molecule has 1 aromatic rings. The number of rotatable bonds is 0. The van der Waals surface area contributed by atoms with Gasteiger partial charge in [0.2, 0.25) is 0 Å². The average molecular weight is 191 g/mol. The highest BCUT2D eigenvalue weighted by molar-refractivity contribution is 5.36. The molecule has 1 atom stereocenters. The molecule has 76 valence electrons. The molecule has 0 aliphatic carbocycles. The maximum absolute atomic E-state index is 10.0. The molecule has 1 aromatic carbocycles. The van der Waals surface area contributed by atoms with Gasteiger partial charge >= 0.3 is 0 Å². The molecule has 0 radical (unpaired) electrons. The fraction of sp³-hybridized carbons (Fsp3) is 0.500. The monoisotopic (exact) mass is 191 g/mol. The van der Waals surface area contributed by atoms with Gasteiger partial charge in [0.1, 0.15) is 0 Å². The van der Waals surface area contributed by atoms with Crippen molar-refractivity contribution in [2.24, 2.45) is 0 Å². The maximum atomic E-state index is 10.0. The zero-order chi connectivity index (χ0) is 10.2. The summed E-state index contributed by atoms with van der Waals surface area (Å²) in [4.78, 5) is 0. The fourth-order valence-electron chi connectivity index (χ4n) is 2.11. The van der Waals surface area contributed by atoms with E-state index < -0.39 is 5.60 Å². The molecule has 2 heteroatoms. The second-order valence-corrected chi connectivity index (χ2v) is 4.49. The van der Waals surface area contributed by atoms with Crippen LogP contribution in [0.1, 0.15) is 23.6 Å². The summed E-state index contributed by atoms with van der Waals surface area (Å²) >= 11 is 0. The van der Waals surface area contributed by atoms with Gasteiger partial charge in [0.05, 0.1) is 5.60 Å². The number of β-amino-alcohol motifs (C(OH)–C–C–N with tert-alkyl or cyclic N) is 1. The number of nitrogens with one attached hydrogen (secondary N) is 1. The highest BCUT2D eigenvalue weighted by Crippen LogP contribution is 2.22. The van der Waals surface area contributed by atoms with Gasteiger partial charge in [-0.05, 0) is 30.5 Å². The largest absolute Gasteiger partial charge is 0.389 e. The Morgan fingerprint density at radius 3 is 3.00 bits per heavy atom. The molecular weight excluding hydrogens is 174 g/mol. The summed E-state index contributed by atoms with van der Waals surface area (Å²) < 4.78 is 0. The van der Waals surface area contributed by atoms with E-state index in [1.807, 2.05) is 6.92 Å². The Labute approximate surface area is 85.0 Å². The Balaban J connectivity index is 2.42. The predicted molar refractivity (Wildman–Crippen MR) is 57.2 cm³/mol. The minimum Gasteiger partial charge on any atom is -0.389 e. The average Bonchev–Trinajstić information content (AvgIpc) is 2.23. The molecule has 0 fully saturated rings. The SMILES string of the molecule is Cc1cccc2c1CNCC(C)(O)C2. The number of hydrogen-bond donors (Lipinski definition) is 2. The van der Waals surface area contributed by atoms with Crippen LogP contribution in [0.25, 0.3) is 0 Å². The Bertz CT molecular complexity index is 344. The van der Waals surface area contributed by atoms with Crippen LogP contribution < -0.4 is 5.32 Å². The van der Waals surface area contributed by atoms with Gasteiger partial charge in [-0.1, -0.05) is 18.2 Å². The van der Waals surface area contributed by atoms with Crippen molar-refractivity contribution in [1.82, 2.24) is 5.32 Å². The molecule has 0 aromatic heterocycles. The normalized spacial score (nSPS) is 26.8. The van der Waals surface area contributed by atoms with Crippen LogP contribution in [0.2, 0.25) is 0 Å². The lowest BCUT2D eigenvalue weighted by Gasteiger charge is -2.20. The van der Waals surface area contributed by atoms with Crippen LogP contribution in [0.4, 0.5) is 0 Å². The first-order valence-corrected chi connectivity index (χ1v) is 5.09. The van der Waals surface area contributed by atoms with Crippen molar-refractivity contribution in [3.8, 4) is 0 Å². The molecule has 14 heavy (non-hydrogen) atoms. The lowest BCUT2D eigenvalue weighted by Crippen LogP contribution is -2.37. The van der Waals surface area contributed by atoms with Crippen molar-refractivity contribution in [1.29, 1.82) is 0 Å². The van der Waals surface area contributed by atoms with Gasteiger partial charge in [0, 0.05) is 19.5 Å². The number of fused-ring (bicyclic) bond motifs is 1. The van der Waals surface area contributed by atoms with Crippen molar-refractivity contribution in [2.75, 3.05) is 6.54 Å². The van der Waals surface area contributed by atoms with Crippen LogP contribution in [-0.4, -0.2) is 17.3 Å². The Morgan fingerprint density at radius 2 is 2.21 bits per heavy atom. The summed E-state index contributed by atoms with van der Waals surface area (Å²) in [6, 6.07) is 6.31. The second kappa shape index (κ2) is 3.37. The van der Waals surface area contributed by atoms with E-state index in [0.717, 1.165) is 13.0 Å². The lowest BCUT2D eigenvalue weighted by atomic mass is 9.93. The molecule has 0 amide bonds. The second-order valence-electron chi connectivity index (χ2n) is 4.49. The minimum absolute atomic E-state index is 0.612. The first kappa shape index (κ1) is 9.69. The smallest absolute Gasteiger partial charge is 0.0783 e. The van der Waals surface area contributed by atoms with Crippen LogP contribution in [0, 0.1) is 6.92 Å². The van der Waals surface area contributed by atoms with E-state index in [-0.39, 0.29) is 0 Å². The molecule has 0 saturated carbocycles. The van der Waals surface area contributed by atoms with Gasteiger partial charge < -0.3 is 10.4 Å². The minimum atomic E-state index is -0.612. The summed E-state index contributed by atoms with van der Waals surface area (Å²) in [5.74, 6) is 0. The van der Waals surface area contributed by atoms with Crippen LogP contribution >= 0.6 is 0 Å². The van der Waals surface area contributed by atoms with E-state index in [4.69, 9.17) is 0 Å². The molecule has 1 heterocycles. The lowest BCUT2D eigenvalue weighted by molar-refractivity contribution is 0.0628. The third-order valence-electron chi connectivity index (χ3n) is 2.89. The fourth-order valence-corrected chi connectivity index (χ4v) is 2.11. The van der Waals surface area contributed by atoms with Crippen LogP contribution in [0.15, 0.2) is 18.2 Å². The molecule has 0 saturated heterocycles. The van der Waals surface area contributed by atoms with Gasteiger partial charge in [-0.25, -0.2) is 0 Å². The van der Waals surface area contributed by atoms with Gasteiger partial charge in [-0.15, -0.1) is 0 Å². The summed E-state index contributed by atoms with van der Waals surface area (Å²) in [5.41, 5.74) is 3.33. The Kier molecular flexibility index (Phi) is 2.33. The predicted octanol–water partition coefficient (Wildman–Crippen LogP) is 1.39. The molecular formula is C12H17NO. The third-order valence-corrected chi connectivity index (χ3v) is 2.89. The van der Waals surface area contributed by atoms with Crippen LogP contribution in [0.3, 0.4) is 0 Å². The molecule has 2 nitrogen and oxygen atoms in total. The van der Waals surface area contributed by atoms with Crippen molar-refractivity contribution >= 4 is 0 Å². The van der Waals surface area contributed by atoms with Gasteiger partial charge in [0.25, 0.3) is 0 Å². The summed E-state index contributed by atoms with van der Waals surface area (Å²) in [7, 11) is 0. The van der Waals surface area contributed by atoms with E-state index in [2.05, 4.69) is 30.4 Å². The Hall–Kier alpha value is -0.860. The van der Waals surface area contributed by atoms with Crippen molar-refractivity contribution in [3.63, 3.8) is 0 Å². The molecule has 1 unspecified atom stereocenters. The first-order chi connectivity index (χ1) is 6.58. The summed E-state index contributed by atoms with van der Waals surface area (Å²) in [6.45, 7) is 5.55. The first-order valence-electron chi connectivity index (χ1n) is 5.09. The molecule has 1 aliphatic rings. The van der Waals surface area contributed by atoms with Gasteiger partial charge in [-0.2, -0.15) is 0 Å². The van der Waals surface area contributed by atoms with Crippen molar-refractivity contribution in [3.05, 3.63) is 34.9 Å². The van der Waals surface area contributed by atoms with Gasteiger partial charge in [0.15, 0.2) is 0 Å². The van der Waals surface area contributed by atoms with Gasteiger partial charge in [-0.3, -0.25) is 0 Å². The van der Waals surface area contributed by atoms with Crippen molar-refractivity contribution in [2.45, 2.75) is 32.4 Å². The molecule has 2 rings (SSSR count). The van der Waals surface area contributed by atoms with E-state index in [9.17, 15) is 5.11 Å². The van der Waals surface area contributed by atoms with E-state index in [1.54, 1.807) is 0 Å². The number of benzene rings is 1. The molecule has 1 aliphatic heterocycles. The zero-order valence-electron chi connectivity index (χ0n) is 8.80.